The van der Waals surface area contributed by atoms with E-state index in [9.17, 15) is 4.79 Å². The second-order valence-corrected chi connectivity index (χ2v) is 8.60. The molecule has 1 saturated heterocycles. The van der Waals surface area contributed by atoms with Gasteiger partial charge in [0.25, 0.3) is 5.56 Å². The molecule has 0 aromatic carbocycles. The predicted octanol–water partition coefficient (Wildman–Crippen LogP) is 1.50. The summed E-state index contributed by atoms with van der Waals surface area (Å²) in [6.45, 7) is 5.46. The van der Waals surface area contributed by atoms with Gasteiger partial charge in [-0.05, 0) is 43.4 Å². The molecule has 2 aliphatic rings. The van der Waals surface area contributed by atoms with E-state index in [1.165, 1.54) is 16.5 Å². The molecule has 0 bridgehead atoms. The minimum absolute atomic E-state index is 0.178. The van der Waals surface area contributed by atoms with Gasteiger partial charge in [-0.1, -0.05) is 5.16 Å². The van der Waals surface area contributed by atoms with Crippen LogP contribution in [-0.2, 0) is 13.6 Å². The molecule has 1 saturated carbocycles. The summed E-state index contributed by atoms with van der Waals surface area (Å²) in [5.74, 6) is 3.46. The highest BCUT2D eigenvalue weighted by Crippen LogP contribution is 2.60. The first kappa shape index (κ1) is 18.2. The van der Waals surface area contributed by atoms with E-state index in [0.717, 1.165) is 18.2 Å². The lowest BCUT2D eigenvalue weighted by Crippen LogP contribution is -2.32. The topological polar surface area (TPSA) is 108 Å². The normalized spacial score (nSPS) is 24.7. The number of pyridine rings is 1. The molecule has 4 unspecified atom stereocenters. The Kier molecular flexibility index (Phi) is 3.80. The first-order valence-electron chi connectivity index (χ1n) is 10.4. The maximum atomic E-state index is 12.7. The van der Waals surface area contributed by atoms with E-state index in [-0.39, 0.29) is 12.1 Å². The van der Waals surface area contributed by atoms with Crippen molar-refractivity contribution in [1.82, 2.24) is 34.2 Å². The molecule has 1 aliphatic heterocycles. The van der Waals surface area contributed by atoms with Crippen molar-refractivity contribution in [1.29, 1.82) is 0 Å². The molecule has 2 fully saturated rings. The van der Waals surface area contributed by atoms with Crippen LogP contribution in [0.4, 0.5) is 5.82 Å². The number of rotatable bonds is 4. The van der Waals surface area contributed by atoms with E-state index in [1.807, 2.05) is 12.3 Å². The number of hydrogen-bond donors (Lipinski definition) is 0. The van der Waals surface area contributed by atoms with Gasteiger partial charge in [0, 0.05) is 31.7 Å². The van der Waals surface area contributed by atoms with Gasteiger partial charge in [-0.15, -0.1) is 0 Å². The van der Waals surface area contributed by atoms with Gasteiger partial charge < -0.3 is 14.0 Å². The van der Waals surface area contributed by atoms with Crippen LogP contribution < -0.4 is 10.5 Å². The molecule has 0 radical (unpaired) electrons. The lowest BCUT2D eigenvalue weighted by Gasteiger charge is -2.27. The van der Waals surface area contributed by atoms with Crippen LogP contribution in [0.15, 0.2) is 40.3 Å². The number of hydrogen-bond acceptors (Lipinski definition) is 8. The van der Waals surface area contributed by atoms with Gasteiger partial charge in [0.15, 0.2) is 17.0 Å². The Labute approximate surface area is 177 Å². The number of imidazole rings is 1. The smallest absolute Gasteiger partial charge is 0.280 e. The molecule has 0 amide bonds. The van der Waals surface area contributed by atoms with Gasteiger partial charge in [-0.2, -0.15) is 4.98 Å². The summed E-state index contributed by atoms with van der Waals surface area (Å²) in [5, 5.41) is 4.23. The van der Waals surface area contributed by atoms with Gasteiger partial charge in [0.2, 0.25) is 5.89 Å². The molecule has 4 aromatic rings. The molecule has 10 heteroatoms. The first-order chi connectivity index (χ1) is 15.0. The number of piperidine rings is 1. The van der Waals surface area contributed by atoms with Gasteiger partial charge >= 0.3 is 0 Å². The van der Waals surface area contributed by atoms with Gasteiger partial charge in [0.05, 0.1) is 6.33 Å². The molecule has 31 heavy (non-hydrogen) atoms. The summed E-state index contributed by atoms with van der Waals surface area (Å²) in [7, 11) is 1.77. The quantitative estimate of drug-likeness (QED) is 0.491. The van der Waals surface area contributed by atoms with Crippen LogP contribution >= 0.6 is 0 Å². The van der Waals surface area contributed by atoms with E-state index in [0.29, 0.717) is 40.9 Å². The fourth-order valence-corrected chi connectivity index (χ4v) is 5.04. The zero-order chi connectivity index (χ0) is 21.3. The average molecular weight is 418 g/mol. The summed E-state index contributed by atoms with van der Waals surface area (Å²) in [6, 6.07) is 4.51. The molecule has 4 atom stereocenters. The van der Waals surface area contributed by atoms with Crippen LogP contribution in [-0.4, -0.2) is 46.8 Å². The molecule has 158 valence electrons. The SMILES string of the molecule is Cc1ccnc(N2CC3C(c4noc(Cn5cnc6ncn(C)c6c5=O)n4)C3C2C)c1. The zero-order valence-electron chi connectivity index (χ0n) is 17.5. The number of aromatic nitrogens is 7. The molecule has 0 spiro atoms. The van der Waals surface area contributed by atoms with Gasteiger partial charge in [-0.3, -0.25) is 9.36 Å². The van der Waals surface area contributed by atoms with Gasteiger partial charge in [0.1, 0.15) is 18.7 Å². The molecule has 4 aromatic heterocycles. The third kappa shape index (κ3) is 2.77. The standard InChI is InChI=1S/C21H22N8O2/c1-11-4-5-22-14(6-11)29-7-13-16(12(29)2)17(13)19-25-15(31-26-19)8-28-10-24-20-18(21(28)30)27(3)9-23-20/h4-6,9-10,12-13,16-17H,7-8H2,1-3H3. The number of fused-ring (bicyclic) bond motifs is 2. The average Bonchev–Trinajstić information content (AvgIpc) is 3.04. The van der Waals surface area contributed by atoms with E-state index >= 15 is 0 Å². The molecule has 10 nitrogen and oxygen atoms in total. The summed E-state index contributed by atoms with van der Waals surface area (Å²) >= 11 is 0. The predicted molar refractivity (Wildman–Crippen MR) is 112 cm³/mol. The second kappa shape index (κ2) is 6.47. The van der Waals surface area contributed by atoms with Crippen molar-refractivity contribution in [3.05, 3.63) is 58.6 Å². The second-order valence-electron chi connectivity index (χ2n) is 8.60. The number of aryl methyl sites for hydroxylation is 2. The Bertz CT molecular complexity index is 1350. The molecule has 5 heterocycles. The fraction of sp³-hybridized carbons (Fsp3) is 0.429. The first-order valence-corrected chi connectivity index (χ1v) is 10.4. The van der Waals surface area contributed by atoms with Crippen molar-refractivity contribution in [3.63, 3.8) is 0 Å². The highest BCUT2D eigenvalue weighted by atomic mass is 16.5. The van der Waals surface area contributed by atoms with Crippen LogP contribution in [0.2, 0.25) is 0 Å². The van der Waals surface area contributed by atoms with Crippen molar-refractivity contribution in [3.8, 4) is 0 Å². The van der Waals surface area contributed by atoms with E-state index in [1.54, 1.807) is 17.9 Å². The maximum Gasteiger partial charge on any atom is 0.280 e. The van der Waals surface area contributed by atoms with Crippen molar-refractivity contribution in [2.45, 2.75) is 32.4 Å². The monoisotopic (exact) mass is 418 g/mol. The fourth-order valence-electron chi connectivity index (χ4n) is 5.04. The van der Waals surface area contributed by atoms with Crippen molar-refractivity contribution in [2.75, 3.05) is 11.4 Å². The highest BCUT2D eigenvalue weighted by molar-refractivity contribution is 5.68. The highest BCUT2D eigenvalue weighted by Gasteiger charge is 2.62. The lowest BCUT2D eigenvalue weighted by atomic mass is 10.1. The largest absolute Gasteiger partial charge is 0.353 e. The van der Waals surface area contributed by atoms with E-state index in [2.05, 4.69) is 49.9 Å². The Morgan fingerprint density at radius 2 is 2.06 bits per heavy atom. The third-order valence-corrected chi connectivity index (χ3v) is 6.67. The summed E-state index contributed by atoms with van der Waals surface area (Å²) in [4.78, 5) is 32.6. The molecule has 1 aliphatic carbocycles. The molecular formula is C21H22N8O2. The van der Waals surface area contributed by atoms with E-state index < -0.39 is 0 Å². The van der Waals surface area contributed by atoms with E-state index in [4.69, 9.17) is 4.52 Å². The minimum atomic E-state index is -0.178. The van der Waals surface area contributed by atoms with Crippen LogP contribution in [0.1, 0.15) is 30.1 Å². The Hall–Kier alpha value is -3.56. The zero-order valence-corrected chi connectivity index (χ0v) is 17.5. The molecule has 6 rings (SSSR count). The number of anilines is 1. The van der Waals surface area contributed by atoms with Crippen molar-refractivity contribution in [2.24, 2.45) is 18.9 Å². The van der Waals surface area contributed by atoms with Crippen LogP contribution in [0.5, 0.6) is 0 Å². The van der Waals surface area contributed by atoms with Crippen molar-refractivity contribution >= 4 is 17.0 Å². The Morgan fingerprint density at radius 1 is 1.23 bits per heavy atom. The van der Waals surface area contributed by atoms with Crippen LogP contribution in [0.3, 0.4) is 0 Å². The maximum absolute atomic E-state index is 12.7. The van der Waals surface area contributed by atoms with Gasteiger partial charge in [-0.25, -0.2) is 15.0 Å². The number of nitrogens with zero attached hydrogens (tertiary/aromatic N) is 8. The molecular weight excluding hydrogens is 396 g/mol. The Morgan fingerprint density at radius 3 is 2.84 bits per heavy atom. The summed E-state index contributed by atoms with van der Waals surface area (Å²) in [6.07, 6.45) is 4.92. The van der Waals surface area contributed by atoms with Crippen molar-refractivity contribution < 1.29 is 4.52 Å². The molecule has 0 N–H and O–H groups in total. The third-order valence-electron chi connectivity index (χ3n) is 6.67. The van der Waals surface area contributed by atoms with Crippen LogP contribution in [0, 0.1) is 18.8 Å². The lowest BCUT2D eigenvalue weighted by molar-refractivity contribution is 0.363. The Balaban J connectivity index is 1.19. The summed E-state index contributed by atoms with van der Waals surface area (Å²) in [5.41, 5.74) is 1.93. The van der Waals surface area contributed by atoms with Crippen LogP contribution in [0.25, 0.3) is 11.2 Å². The minimum Gasteiger partial charge on any atom is -0.353 e. The summed E-state index contributed by atoms with van der Waals surface area (Å²) < 4.78 is 8.62.